The van der Waals surface area contributed by atoms with Crippen LogP contribution in [0.2, 0.25) is 0 Å². The molecule has 0 radical (unpaired) electrons. The van der Waals surface area contributed by atoms with Gasteiger partial charge in [0.2, 0.25) is 0 Å². The summed E-state index contributed by atoms with van der Waals surface area (Å²) >= 11 is 0. The third-order valence-corrected chi connectivity index (χ3v) is 10.1. The number of benzene rings is 1. The molecule has 2 fully saturated rings. The highest BCUT2D eigenvalue weighted by atomic mass is 14.3. The minimum atomic E-state index is 0.672. The minimum Gasteiger partial charge on any atom is -0.192 e. The van der Waals surface area contributed by atoms with Gasteiger partial charge >= 0.3 is 0 Å². The predicted molar refractivity (Wildman–Crippen MR) is 161 cm³/mol. The van der Waals surface area contributed by atoms with E-state index in [1.807, 2.05) is 0 Å². The fourth-order valence-electron chi connectivity index (χ4n) is 7.42. The van der Waals surface area contributed by atoms with Gasteiger partial charge in [-0.25, -0.2) is 0 Å². The van der Waals surface area contributed by atoms with Crippen LogP contribution in [-0.4, -0.2) is 0 Å². The second kappa shape index (κ2) is 17.7. The molecule has 2 aliphatic carbocycles. The number of rotatable bonds is 16. The Hall–Kier alpha value is -1.80. The summed E-state index contributed by atoms with van der Waals surface area (Å²) < 4.78 is 0. The number of unbranched alkanes of at least 4 members (excludes halogenated alkanes) is 6. The van der Waals surface area contributed by atoms with E-state index in [2.05, 4.69) is 38.1 Å². The topological polar surface area (TPSA) is 47.6 Å². The molecule has 0 unspecified atom stereocenters. The molecule has 1 aromatic carbocycles. The first-order valence-corrected chi connectivity index (χ1v) is 16.6. The van der Waals surface area contributed by atoms with Crippen molar-refractivity contribution in [2.24, 2.45) is 23.7 Å². The molecule has 0 aliphatic heterocycles. The fraction of sp³-hybridized carbons (Fsp3) is 0.778. The van der Waals surface area contributed by atoms with Gasteiger partial charge in [0, 0.05) is 0 Å². The summed E-state index contributed by atoms with van der Waals surface area (Å²) in [5.74, 6) is 3.48. The molecule has 0 aromatic heterocycles. The number of nitriles is 2. The molecule has 0 heterocycles. The molecule has 3 rings (SSSR count). The van der Waals surface area contributed by atoms with E-state index in [9.17, 15) is 10.5 Å². The molecular formula is C36H56N2. The quantitative estimate of drug-likeness (QED) is 0.205. The van der Waals surface area contributed by atoms with Crippen molar-refractivity contribution in [1.29, 1.82) is 10.5 Å². The molecule has 38 heavy (non-hydrogen) atoms. The van der Waals surface area contributed by atoms with E-state index >= 15 is 0 Å². The summed E-state index contributed by atoms with van der Waals surface area (Å²) in [6.45, 7) is 4.58. The molecule has 0 bridgehead atoms. The van der Waals surface area contributed by atoms with Crippen molar-refractivity contribution in [1.82, 2.24) is 0 Å². The van der Waals surface area contributed by atoms with Gasteiger partial charge in [-0.05, 0) is 60.5 Å². The van der Waals surface area contributed by atoms with E-state index in [0.717, 1.165) is 47.6 Å². The van der Waals surface area contributed by atoms with Crippen LogP contribution in [0, 0.1) is 46.3 Å². The van der Waals surface area contributed by atoms with Crippen LogP contribution in [0.25, 0.3) is 0 Å². The van der Waals surface area contributed by atoms with Gasteiger partial charge in [0.15, 0.2) is 0 Å². The number of hydrogen-bond donors (Lipinski definition) is 0. The summed E-state index contributed by atoms with van der Waals surface area (Å²) in [7, 11) is 0. The molecule has 210 valence electrons. The van der Waals surface area contributed by atoms with Crippen LogP contribution < -0.4 is 0 Å². The van der Waals surface area contributed by atoms with Crippen molar-refractivity contribution >= 4 is 0 Å². The highest BCUT2D eigenvalue weighted by Gasteiger charge is 2.23. The van der Waals surface area contributed by atoms with Crippen molar-refractivity contribution in [3.05, 3.63) is 34.4 Å². The van der Waals surface area contributed by atoms with Gasteiger partial charge in [-0.3, -0.25) is 0 Å². The second-order valence-corrected chi connectivity index (χ2v) is 12.9. The lowest BCUT2D eigenvalue weighted by Gasteiger charge is -2.29. The third-order valence-electron chi connectivity index (χ3n) is 10.1. The minimum absolute atomic E-state index is 0.672. The maximum absolute atomic E-state index is 10.00. The van der Waals surface area contributed by atoms with Crippen molar-refractivity contribution in [2.45, 2.75) is 155 Å². The Bertz CT molecular complexity index is 799. The Morgan fingerprint density at radius 3 is 1.18 bits per heavy atom. The standard InChI is InChI=1S/C36H56N2/c1-3-5-7-9-11-29-13-17-31(18-14-29)21-23-33-25-26-34(36(28-38)35(33)27-37)24-22-32-19-15-30(16-20-32)12-10-8-6-4-2/h25-26,29-32H,3-24H2,1-2H3. The zero-order valence-electron chi connectivity index (χ0n) is 24.9. The molecule has 2 heteroatoms. The molecule has 2 nitrogen and oxygen atoms in total. The van der Waals surface area contributed by atoms with E-state index in [4.69, 9.17) is 0 Å². The molecule has 1 aromatic rings. The van der Waals surface area contributed by atoms with Crippen molar-refractivity contribution < 1.29 is 0 Å². The summed E-state index contributed by atoms with van der Waals surface area (Å²) in [5.41, 5.74) is 3.56. The van der Waals surface area contributed by atoms with Gasteiger partial charge in [-0.15, -0.1) is 0 Å². The molecule has 0 spiro atoms. The van der Waals surface area contributed by atoms with E-state index in [-0.39, 0.29) is 0 Å². The van der Waals surface area contributed by atoms with Crippen LogP contribution in [0.3, 0.4) is 0 Å². The van der Waals surface area contributed by atoms with Crippen LogP contribution in [-0.2, 0) is 12.8 Å². The van der Waals surface area contributed by atoms with Gasteiger partial charge in [0.25, 0.3) is 0 Å². The fourth-order valence-corrected chi connectivity index (χ4v) is 7.42. The summed E-state index contributed by atoms with van der Waals surface area (Å²) in [6.07, 6.45) is 29.2. The molecule has 0 amide bonds. The van der Waals surface area contributed by atoms with Crippen LogP contribution >= 0.6 is 0 Å². The molecule has 0 N–H and O–H groups in total. The van der Waals surface area contributed by atoms with Crippen LogP contribution in [0.4, 0.5) is 0 Å². The largest absolute Gasteiger partial charge is 0.192 e. The van der Waals surface area contributed by atoms with Gasteiger partial charge in [0.1, 0.15) is 12.1 Å². The highest BCUT2D eigenvalue weighted by Crippen LogP contribution is 2.36. The molecule has 0 atom stereocenters. The maximum Gasteiger partial charge on any atom is 0.101 e. The zero-order chi connectivity index (χ0) is 27.0. The first-order valence-electron chi connectivity index (χ1n) is 16.6. The Morgan fingerprint density at radius 1 is 0.526 bits per heavy atom. The number of aryl methyl sites for hydroxylation is 2. The first kappa shape index (κ1) is 30.7. The zero-order valence-corrected chi connectivity index (χ0v) is 24.9. The van der Waals surface area contributed by atoms with Crippen LogP contribution in [0.1, 0.15) is 165 Å². The van der Waals surface area contributed by atoms with Crippen LogP contribution in [0.15, 0.2) is 12.1 Å². The summed E-state index contributed by atoms with van der Waals surface area (Å²) in [5, 5.41) is 20.0. The lowest BCUT2D eigenvalue weighted by Crippen LogP contribution is -2.16. The Kier molecular flexibility index (Phi) is 14.3. The Balaban J connectivity index is 1.43. The van der Waals surface area contributed by atoms with E-state index < -0.39 is 0 Å². The normalized spacial score (nSPS) is 23.6. The maximum atomic E-state index is 10.00. The van der Waals surface area contributed by atoms with E-state index in [1.165, 1.54) is 128 Å². The van der Waals surface area contributed by atoms with E-state index in [1.54, 1.807) is 0 Å². The lowest BCUT2D eigenvalue weighted by atomic mass is 9.77. The van der Waals surface area contributed by atoms with E-state index in [0.29, 0.717) is 11.1 Å². The van der Waals surface area contributed by atoms with Crippen molar-refractivity contribution in [3.8, 4) is 12.1 Å². The molecule has 0 saturated heterocycles. The number of nitrogens with zero attached hydrogens (tertiary/aromatic N) is 2. The van der Waals surface area contributed by atoms with Crippen molar-refractivity contribution in [2.75, 3.05) is 0 Å². The van der Waals surface area contributed by atoms with Crippen LogP contribution in [0.5, 0.6) is 0 Å². The summed E-state index contributed by atoms with van der Waals surface area (Å²) in [4.78, 5) is 0. The van der Waals surface area contributed by atoms with Gasteiger partial charge in [-0.2, -0.15) is 10.5 Å². The lowest BCUT2D eigenvalue weighted by molar-refractivity contribution is 0.248. The van der Waals surface area contributed by atoms with Gasteiger partial charge in [0.05, 0.1) is 11.1 Å². The average Bonchev–Trinajstić information content (AvgIpc) is 2.96. The Labute approximate surface area is 235 Å². The number of hydrogen-bond acceptors (Lipinski definition) is 2. The first-order chi connectivity index (χ1) is 18.7. The molecule has 2 aliphatic rings. The van der Waals surface area contributed by atoms with Crippen molar-refractivity contribution in [3.63, 3.8) is 0 Å². The monoisotopic (exact) mass is 516 g/mol. The SMILES string of the molecule is CCCCCCC1CCC(CCc2ccc(CCC3CCC(CCCCCC)CC3)c(C#N)c2C#N)CC1. The average molecular weight is 517 g/mol. The predicted octanol–water partition coefficient (Wildman–Crippen LogP) is 10.8. The summed E-state index contributed by atoms with van der Waals surface area (Å²) in [6, 6.07) is 9.23. The smallest absolute Gasteiger partial charge is 0.101 e. The molecule has 2 saturated carbocycles. The Morgan fingerprint density at radius 2 is 0.868 bits per heavy atom. The second-order valence-electron chi connectivity index (χ2n) is 12.9. The highest BCUT2D eigenvalue weighted by molar-refractivity contribution is 5.54. The third kappa shape index (κ3) is 10.1. The van der Waals surface area contributed by atoms with Gasteiger partial charge < -0.3 is 0 Å². The van der Waals surface area contributed by atoms with Gasteiger partial charge in [-0.1, -0.05) is 142 Å². The molecular weight excluding hydrogens is 460 g/mol.